The van der Waals surface area contributed by atoms with Crippen molar-refractivity contribution in [1.82, 2.24) is 4.90 Å². The first-order chi connectivity index (χ1) is 14.8. The molecule has 2 aromatic carbocycles. The molecule has 0 aliphatic carbocycles. The standard InChI is InChI=1S/C24H34N2O4S/c1-4-20-7-5-6-8-23(20)26(17-19(2)3)31(28,29)22-11-9-21(10-12-22)24(27)18-25-13-15-30-16-14-25/h5-12,19,24,27H,4,13-18H2,1-3H3. The number of hydrogen-bond acceptors (Lipinski definition) is 5. The molecule has 0 spiro atoms. The third-order valence-corrected chi connectivity index (χ3v) is 7.35. The van der Waals surface area contributed by atoms with Crippen LogP contribution in [0.4, 0.5) is 5.69 Å². The van der Waals surface area contributed by atoms with Crippen molar-refractivity contribution in [2.24, 2.45) is 5.92 Å². The number of rotatable bonds is 9. The summed E-state index contributed by atoms with van der Waals surface area (Å²) in [6.45, 7) is 9.92. The second kappa shape index (κ2) is 10.6. The zero-order valence-corrected chi connectivity index (χ0v) is 19.5. The van der Waals surface area contributed by atoms with Crippen LogP contribution in [-0.2, 0) is 21.2 Å². The zero-order valence-electron chi connectivity index (χ0n) is 18.7. The number of β-amino-alcohol motifs (C(OH)–C–C–N with tert-alkyl or cyclic N) is 1. The third kappa shape index (κ3) is 5.86. The summed E-state index contributed by atoms with van der Waals surface area (Å²) in [5.41, 5.74) is 2.45. The zero-order chi connectivity index (χ0) is 22.4. The molecule has 1 saturated heterocycles. The van der Waals surface area contributed by atoms with Crippen LogP contribution in [0.5, 0.6) is 0 Å². The summed E-state index contributed by atoms with van der Waals surface area (Å²) in [5, 5.41) is 10.6. The summed E-state index contributed by atoms with van der Waals surface area (Å²) >= 11 is 0. The van der Waals surface area contributed by atoms with Crippen molar-refractivity contribution in [3.63, 3.8) is 0 Å². The van der Waals surface area contributed by atoms with Gasteiger partial charge in [0.2, 0.25) is 0 Å². The maximum Gasteiger partial charge on any atom is 0.264 e. The number of anilines is 1. The Bertz CT molecular complexity index is 938. The fraction of sp³-hybridized carbons (Fsp3) is 0.500. The number of ether oxygens (including phenoxy) is 1. The molecule has 3 rings (SSSR count). The van der Waals surface area contributed by atoms with Crippen LogP contribution in [0.25, 0.3) is 0 Å². The van der Waals surface area contributed by atoms with Gasteiger partial charge >= 0.3 is 0 Å². The second-order valence-electron chi connectivity index (χ2n) is 8.41. The van der Waals surface area contributed by atoms with Gasteiger partial charge in [0.25, 0.3) is 10.0 Å². The van der Waals surface area contributed by atoms with Gasteiger partial charge in [-0.25, -0.2) is 8.42 Å². The SMILES string of the molecule is CCc1ccccc1N(CC(C)C)S(=O)(=O)c1ccc(C(O)CN2CCOCC2)cc1. The Morgan fingerprint density at radius 1 is 1.06 bits per heavy atom. The van der Waals surface area contributed by atoms with E-state index in [1.54, 1.807) is 24.3 Å². The molecule has 0 amide bonds. The number of sulfonamides is 1. The highest BCUT2D eigenvalue weighted by molar-refractivity contribution is 7.92. The Kier molecular flexibility index (Phi) is 8.11. The monoisotopic (exact) mass is 446 g/mol. The first-order valence-corrected chi connectivity index (χ1v) is 12.5. The molecule has 0 saturated carbocycles. The Balaban J connectivity index is 1.84. The minimum atomic E-state index is -3.73. The van der Waals surface area contributed by atoms with E-state index in [9.17, 15) is 13.5 Å². The lowest BCUT2D eigenvalue weighted by Crippen LogP contribution is -2.38. The van der Waals surface area contributed by atoms with Gasteiger partial charge in [0.1, 0.15) is 0 Å². The van der Waals surface area contributed by atoms with Crippen LogP contribution in [0.15, 0.2) is 53.4 Å². The summed E-state index contributed by atoms with van der Waals surface area (Å²) in [4.78, 5) is 2.39. The van der Waals surface area contributed by atoms with Gasteiger partial charge in [0.15, 0.2) is 0 Å². The van der Waals surface area contributed by atoms with E-state index in [-0.39, 0.29) is 10.8 Å². The first-order valence-electron chi connectivity index (χ1n) is 11.0. The maximum absolute atomic E-state index is 13.6. The average molecular weight is 447 g/mol. The van der Waals surface area contributed by atoms with E-state index in [2.05, 4.69) is 4.90 Å². The molecular weight excluding hydrogens is 412 g/mol. The molecule has 0 aromatic heterocycles. The van der Waals surface area contributed by atoms with Crippen LogP contribution in [0.2, 0.25) is 0 Å². The largest absolute Gasteiger partial charge is 0.387 e. The van der Waals surface area contributed by atoms with E-state index in [1.165, 1.54) is 4.31 Å². The molecule has 7 heteroatoms. The van der Waals surface area contributed by atoms with E-state index < -0.39 is 16.1 Å². The van der Waals surface area contributed by atoms with Gasteiger partial charge < -0.3 is 9.84 Å². The summed E-state index contributed by atoms with van der Waals surface area (Å²) in [7, 11) is -3.73. The number of para-hydroxylation sites is 1. The molecule has 31 heavy (non-hydrogen) atoms. The van der Waals surface area contributed by atoms with Crippen LogP contribution < -0.4 is 4.31 Å². The van der Waals surface area contributed by atoms with Gasteiger partial charge in [-0.05, 0) is 41.7 Å². The van der Waals surface area contributed by atoms with Crippen molar-refractivity contribution in [2.75, 3.05) is 43.7 Å². The molecule has 1 unspecified atom stereocenters. The lowest BCUT2D eigenvalue weighted by atomic mass is 10.1. The molecule has 1 aliphatic rings. The van der Waals surface area contributed by atoms with Crippen molar-refractivity contribution in [3.8, 4) is 0 Å². The highest BCUT2D eigenvalue weighted by Crippen LogP contribution is 2.29. The summed E-state index contributed by atoms with van der Waals surface area (Å²) in [6.07, 6.45) is 0.0925. The minimum absolute atomic E-state index is 0.175. The van der Waals surface area contributed by atoms with Gasteiger partial charge in [0, 0.05) is 26.2 Å². The molecule has 1 aliphatic heterocycles. The van der Waals surface area contributed by atoms with Crippen molar-refractivity contribution >= 4 is 15.7 Å². The molecule has 6 nitrogen and oxygen atoms in total. The number of aliphatic hydroxyl groups is 1. The topological polar surface area (TPSA) is 70.1 Å². The van der Waals surface area contributed by atoms with Gasteiger partial charge in [-0.15, -0.1) is 0 Å². The van der Waals surface area contributed by atoms with Crippen LogP contribution >= 0.6 is 0 Å². The van der Waals surface area contributed by atoms with Crippen LogP contribution in [-0.4, -0.2) is 57.8 Å². The highest BCUT2D eigenvalue weighted by Gasteiger charge is 2.27. The molecule has 0 radical (unpaired) electrons. The number of benzene rings is 2. The van der Waals surface area contributed by atoms with Crippen molar-refractivity contribution < 1.29 is 18.3 Å². The molecule has 1 atom stereocenters. The van der Waals surface area contributed by atoms with Crippen molar-refractivity contribution in [2.45, 2.75) is 38.2 Å². The molecular formula is C24H34N2O4S. The van der Waals surface area contributed by atoms with Crippen LogP contribution in [0, 0.1) is 5.92 Å². The molecule has 2 aromatic rings. The van der Waals surface area contributed by atoms with Gasteiger partial charge in [0.05, 0.1) is 29.9 Å². The van der Waals surface area contributed by atoms with Gasteiger partial charge in [-0.3, -0.25) is 9.21 Å². The average Bonchev–Trinajstić information content (AvgIpc) is 2.78. The Morgan fingerprint density at radius 3 is 2.32 bits per heavy atom. The number of aryl methyl sites for hydroxylation is 1. The van der Waals surface area contributed by atoms with Crippen molar-refractivity contribution in [1.29, 1.82) is 0 Å². The van der Waals surface area contributed by atoms with Crippen molar-refractivity contribution in [3.05, 3.63) is 59.7 Å². The normalized spacial score (nSPS) is 16.4. The molecule has 170 valence electrons. The Morgan fingerprint density at radius 2 is 1.71 bits per heavy atom. The number of morpholine rings is 1. The summed E-state index contributed by atoms with van der Waals surface area (Å²) < 4.78 is 34.0. The van der Waals surface area contributed by atoms with Crippen LogP contribution in [0.1, 0.15) is 38.0 Å². The summed E-state index contributed by atoms with van der Waals surface area (Å²) in [5.74, 6) is 0.175. The molecule has 1 fully saturated rings. The first kappa shape index (κ1) is 23.7. The second-order valence-corrected chi connectivity index (χ2v) is 10.3. The van der Waals surface area contributed by atoms with E-state index in [4.69, 9.17) is 4.74 Å². The number of hydrogen-bond donors (Lipinski definition) is 1. The fourth-order valence-corrected chi connectivity index (χ4v) is 5.50. The van der Waals surface area contributed by atoms with E-state index >= 15 is 0 Å². The molecule has 0 bridgehead atoms. The highest BCUT2D eigenvalue weighted by atomic mass is 32.2. The van der Waals surface area contributed by atoms with Gasteiger partial charge in [-0.2, -0.15) is 0 Å². The van der Waals surface area contributed by atoms with E-state index in [1.807, 2.05) is 45.0 Å². The van der Waals surface area contributed by atoms with E-state index in [0.717, 1.165) is 36.3 Å². The predicted molar refractivity (Wildman–Crippen MR) is 124 cm³/mol. The lowest BCUT2D eigenvalue weighted by Gasteiger charge is -2.29. The number of nitrogens with zero attached hydrogens (tertiary/aromatic N) is 2. The number of aliphatic hydroxyl groups excluding tert-OH is 1. The molecule has 1 heterocycles. The summed E-state index contributed by atoms with van der Waals surface area (Å²) in [6, 6.07) is 14.3. The smallest absolute Gasteiger partial charge is 0.264 e. The third-order valence-electron chi connectivity index (χ3n) is 5.56. The molecule has 1 N–H and O–H groups in total. The fourth-order valence-electron chi connectivity index (χ4n) is 3.83. The van der Waals surface area contributed by atoms with E-state index in [0.29, 0.717) is 26.3 Å². The van der Waals surface area contributed by atoms with Crippen LogP contribution in [0.3, 0.4) is 0 Å². The quantitative estimate of drug-likeness (QED) is 0.639. The van der Waals surface area contributed by atoms with Gasteiger partial charge in [-0.1, -0.05) is 51.1 Å². The predicted octanol–water partition coefficient (Wildman–Crippen LogP) is 3.47. The maximum atomic E-state index is 13.6. The Labute approximate surface area is 186 Å². The lowest BCUT2D eigenvalue weighted by molar-refractivity contribution is 0.0143. The Hall–Kier alpha value is -1.93. The minimum Gasteiger partial charge on any atom is -0.387 e.